The number of aromatic nitrogens is 4. The van der Waals surface area contributed by atoms with Crippen molar-refractivity contribution in [2.24, 2.45) is 0 Å². The lowest BCUT2D eigenvalue weighted by molar-refractivity contribution is 0.668. The number of fused-ring (bicyclic) bond motifs is 18. The van der Waals surface area contributed by atoms with Gasteiger partial charge in [-0.25, -0.2) is 19.9 Å². The third kappa shape index (κ3) is 11.6. The van der Waals surface area contributed by atoms with Crippen LogP contribution in [0.15, 0.2) is 427 Å². The summed E-state index contributed by atoms with van der Waals surface area (Å²) in [4.78, 5) is 21.7. The summed E-state index contributed by atoms with van der Waals surface area (Å²) in [6.07, 6.45) is 0. The Labute approximate surface area is 719 Å². The van der Waals surface area contributed by atoms with E-state index in [2.05, 4.69) is 315 Å². The maximum atomic E-state index is 7.20. The van der Waals surface area contributed by atoms with Crippen LogP contribution in [0.4, 0.5) is 0 Å². The number of nitrogens with zero attached hydrogens (tertiary/aromatic N) is 4. The molecule has 8 heterocycles. The van der Waals surface area contributed by atoms with E-state index in [0.717, 1.165) is 266 Å². The van der Waals surface area contributed by atoms with Gasteiger partial charge in [-0.05, 0) is 153 Å². The predicted molar refractivity (Wildman–Crippen MR) is 512 cm³/mol. The van der Waals surface area contributed by atoms with E-state index in [4.69, 9.17) is 46.4 Å². The van der Waals surface area contributed by atoms with E-state index in [1.807, 2.05) is 84.9 Å². The molecule has 0 amide bonds. The lowest BCUT2D eigenvalue weighted by Crippen LogP contribution is -1.97. The first-order valence-electron chi connectivity index (χ1n) is 42.3. The molecule has 18 aromatic carbocycles. The van der Waals surface area contributed by atoms with Gasteiger partial charge in [0.2, 0.25) is 0 Å². The quantitative estimate of drug-likeness (QED) is 0.110. The molecular weight excluding hydrogens is 1550 g/mol. The summed E-state index contributed by atoms with van der Waals surface area (Å²) in [7, 11) is 0. The van der Waals surface area contributed by atoms with Crippen molar-refractivity contribution in [3.8, 4) is 146 Å². The Balaban J connectivity index is 0.551. The summed E-state index contributed by atoms with van der Waals surface area (Å²) in [5, 5.41) is 12.6. The fourth-order valence-corrected chi connectivity index (χ4v) is 19.0. The zero-order valence-electron chi connectivity index (χ0n) is 67.3. The lowest BCUT2D eigenvalue weighted by atomic mass is 9.91. The normalized spacial score (nSPS) is 12.0. The lowest BCUT2D eigenvalue weighted by Gasteiger charge is -2.15. The number of furan rings is 6. The van der Waals surface area contributed by atoms with Gasteiger partial charge in [0.1, 0.15) is 67.0 Å². The van der Waals surface area contributed by atoms with Crippen LogP contribution in [-0.2, 0) is 0 Å². The van der Waals surface area contributed by atoms with Gasteiger partial charge in [-0.15, -0.1) is 0 Å². The molecule has 26 rings (SSSR count). The number of benzene rings is 18. The molecule has 0 atom stereocenters. The van der Waals surface area contributed by atoms with Crippen molar-refractivity contribution in [1.29, 1.82) is 0 Å². The van der Waals surface area contributed by atoms with Crippen LogP contribution >= 0.6 is 0 Å². The summed E-state index contributed by atoms with van der Waals surface area (Å²) >= 11 is 0. The van der Waals surface area contributed by atoms with Crippen molar-refractivity contribution in [2.45, 2.75) is 0 Å². The number of para-hydroxylation sites is 8. The van der Waals surface area contributed by atoms with Crippen molar-refractivity contribution in [3.05, 3.63) is 400 Å². The smallest absolute Gasteiger partial charge is 0.160 e. The van der Waals surface area contributed by atoms with Crippen LogP contribution in [0, 0.1) is 0 Å². The Hall–Kier alpha value is -17.1. The topological polar surface area (TPSA) is 130 Å². The minimum absolute atomic E-state index is 0.603. The standard InChI is InChI=1S/C116H66N4O6/c1-3-19-71(20-4-1)115-117-99(65-101(119-115)94-59-74(75-51-56-107-96(61-75)86-25-9-11-35-103(86)121-107)47-53-79(94)76-52-58-108-97(63-76)87-26-10-12-36-104(87)122-108)69-43-39-67(40-44-69)73-50-57-109-98(60-73)93-34-17-29-82(113(93)125-109)78-49-55-88-92-32-16-28-81(112(92)126-110(88)64-78)77-48-54-83(89-30-18-33-91-85-24-8-14-38-106(85)124-114(89)91)95(62-77)102-66-100(118-116(120-102)72-21-5-2-6-22-72)70-45-41-68(42-46-70)80-27-15-31-90-84-23-7-13-37-105(84)123-111(80)90/h1-66H. The van der Waals surface area contributed by atoms with Crippen molar-refractivity contribution >= 4 is 132 Å². The van der Waals surface area contributed by atoms with Crippen molar-refractivity contribution in [3.63, 3.8) is 0 Å². The van der Waals surface area contributed by atoms with Gasteiger partial charge in [0.15, 0.2) is 11.6 Å². The van der Waals surface area contributed by atoms with Gasteiger partial charge in [-0.2, -0.15) is 0 Å². The molecule has 10 nitrogen and oxygen atoms in total. The van der Waals surface area contributed by atoms with Crippen molar-refractivity contribution < 1.29 is 26.5 Å². The van der Waals surface area contributed by atoms with Crippen LogP contribution in [0.2, 0.25) is 0 Å². The fraction of sp³-hybridized carbons (Fsp3) is 0. The molecule has 0 bridgehead atoms. The first kappa shape index (κ1) is 70.7. The first-order valence-corrected chi connectivity index (χ1v) is 42.3. The average molecular weight is 1610 g/mol. The highest BCUT2D eigenvalue weighted by Crippen LogP contribution is 2.49. The van der Waals surface area contributed by atoms with Gasteiger partial charge >= 0.3 is 0 Å². The van der Waals surface area contributed by atoms with E-state index in [-0.39, 0.29) is 0 Å². The predicted octanol–water partition coefficient (Wildman–Crippen LogP) is 32.3. The van der Waals surface area contributed by atoms with E-state index in [0.29, 0.717) is 11.6 Å². The van der Waals surface area contributed by atoms with E-state index >= 15 is 0 Å². The maximum Gasteiger partial charge on any atom is 0.160 e. The second kappa shape index (κ2) is 28.3. The molecule has 0 spiro atoms. The van der Waals surface area contributed by atoms with Crippen LogP contribution in [0.5, 0.6) is 0 Å². The van der Waals surface area contributed by atoms with Gasteiger partial charge in [0.05, 0.1) is 22.8 Å². The number of hydrogen-bond acceptors (Lipinski definition) is 10. The van der Waals surface area contributed by atoms with Gasteiger partial charge in [-0.1, -0.05) is 303 Å². The minimum Gasteiger partial charge on any atom is -0.456 e. The summed E-state index contributed by atoms with van der Waals surface area (Å²) in [5.74, 6) is 1.23. The maximum absolute atomic E-state index is 7.20. The molecule has 0 aliphatic carbocycles. The van der Waals surface area contributed by atoms with Crippen LogP contribution in [0.1, 0.15) is 0 Å². The zero-order valence-corrected chi connectivity index (χ0v) is 67.3. The van der Waals surface area contributed by atoms with Crippen molar-refractivity contribution in [1.82, 2.24) is 19.9 Å². The molecule has 0 aliphatic heterocycles. The van der Waals surface area contributed by atoms with Crippen molar-refractivity contribution in [2.75, 3.05) is 0 Å². The van der Waals surface area contributed by atoms with E-state index < -0.39 is 0 Å². The molecule has 126 heavy (non-hydrogen) atoms. The van der Waals surface area contributed by atoms with Gasteiger partial charge in [0, 0.05) is 120 Å². The molecule has 0 saturated heterocycles. The van der Waals surface area contributed by atoms with Crippen LogP contribution < -0.4 is 0 Å². The minimum atomic E-state index is 0.603. The van der Waals surface area contributed by atoms with E-state index in [1.54, 1.807) is 0 Å². The molecule has 26 aromatic rings. The van der Waals surface area contributed by atoms with Gasteiger partial charge in [0.25, 0.3) is 0 Å². The largest absolute Gasteiger partial charge is 0.456 e. The second-order valence-electron chi connectivity index (χ2n) is 32.5. The Bertz CT molecular complexity index is 8980. The van der Waals surface area contributed by atoms with Crippen LogP contribution in [-0.4, -0.2) is 19.9 Å². The van der Waals surface area contributed by atoms with Crippen LogP contribution in [0.3, 0.4) is 0 Å². The summed E-state index contributed by atoms with van der Waals surface area (Å²) in [6.45, 7) is 0. The highest BCUT2D eigenvalue weighted by molar-refractivity contribution is 6.17. The molecule has 0 aliphatic rings. The molecule has 0 N–H and O–H groups in total. The fourth-order valence-electron chi connectivity index (χ4n) is 19.0. The third-order valence-electron chi connectivity index (χ3n) is 25.2. The number of rotatable bonds is 13. The molecule has 8 aromatic heterocycles. The average Bonchev–Trinajstić information content (AvgIpc) is 1.50. The highest BCUT2D eigenvalue weighted by Gasteiger charge is 2.26. The van der Waals surface area contributed by atoms with Crippen LogP contribution in [0.25, 0.3) is 277 Å². The second-order valence-corrected chi connectivity index (χ2v) is 32.5. The SMILES string of the molecule is c1ccc(-c2nc(-c3ccc(-c4ccc5oc6c(-c7ccc8c(c7)oc7c(-c9ccc(-c%10cccc%11c%10oc%10ccccc%10%11)c(-c%10cc(-c%11ccc(-c%12cccc%13c%12oc%12ccccc%12%13)cc%11)nc(-c%11ccccc%11)n%10)c9)cccc78)cccc6c5c4)cc3)cc(-c3cc(-c4ccc5oc6ccccc6c5c4)ccc3-c3ccc4oc5ccccc5c4c3)n2)cc1. The molecule has 0 radical (unpaired) electrons. The summed E-state index contributed by atoms with van der Waals surface area (Å²) in [6, 6.07) is 140. The van der Waals surface area contributed by atoms with E-state index in [9.17, 15) is 0 Å². The summed E-state index contributed by atoms with van der Waals surface area (Å²) in [5.41, 5.74) is 32.7. The molecule has 0 saturated carbocycles. The first-order chi connectivity index (χ1) is 62.4. The zero-order chi connectivity index (χ0) is 82.6. The Kier molecular flexibility index (Phi) is 15.9. The van der Waals surface area contributed by atoms with E-state index in [1.165, 1.54) is 0 Å². The number of hydrogen-bond donors (Lipinski definition) is 0. The molecule has 0 unspecified atom stereocenters. The third-order valence-corrected chi connectivity index (χ3v) is 25.2. The Morgan fingerprint density at radius 3 is 0.968 bits per heavy atom. The molecular formula is C116H66N4O6. The summed E-state index contributed by atoms with van der Waals surface area (Å²) < 4.78 is 40.2. The van der Waals surface area contributed by atoms with Gasteiger partial charge < -0.3 is 26.5 Å². The Morgan fingerprint density at radius 1 is 0.127 bits per heavy atom. The van der Waals surface area contributed by atoms with Gasteiger partial charge in [-0.3, -0.25) is 0 Å². The highest BCUT2D eigenvalue weighted by atomic mass is 16.3. The molecule has 0 fully saturated rings. The molecule has 586 valence electrons. The Morgan fingerprint density at radius 2 is 0.429 bits per heavy atom. The monoisotopic (exact) mass is 1610 g/mol. The molecule has 10 heteroatoms.